The molecular formula is C24H22N2O3S. The van der Waals surface area contributed by atoms with Crippen LogP contribution in [0.5, 0.6) is 5.75 Å². The molecule has 1 fully saturated rings. The molecule has 1 aliphatic heterocycles. The average Bonchev–Trinajstić information content (AvgIpc) is 3.18. The average molecular weight is 419 g/mol. The van der Waals surface area contributed by atoms with Gasteiger partial charge in [0.2, 0.25) is 0 Å². The van der Waals surface area contributed by atoms with Crippen LogP contribution < -0.4 is 9.64 Å². The van der Waals surface area contributed by atoms with Crippen molar-refractivity contribution in [2.24, 2.45) is 0 Å². The highest BCUT2D eigenvalue weighted by atomic mass is 32.2. The van der Waals surface area contributed by atoms with E-state index in [0.717, 1.165) is 40.2 Å². The molecule has 0 saturated carbocycles. The number of para-hydroxylation sites is 1. The van der Waals surface area contributed by atoms with Gasteiger partial charge in [0.25, 0.3) is 11.1 Å². The zero-order valence-corrected chi connectivity index (χ0v) is 17.9. The lowest BCUT2D eigenvalue weighted by molar-refractivity contribution is -0.113. The Balaban J connectivity index is 1.66. The molecule has 0 spiro atoms. The van der Waals surface area contributed by atoms with Crippen molar-refractivity contribution in [2.45, 2.75) is 20.8 Å². The van der Waals surface area contributed by atoms with Crippen molar-refractivity contribution in [3.05, 3.63) is 82.5 Å². The molecule has 30 heavy (non-hydrogen) atoms. The SMILES string of the molecule is CCOc1ccc(-n2c(C)cc(/C=C3\SC(=O)N(c4ccccc4)C3=O)c2C)cc1. The van der Waals surface area contributed by atoms with Crippen LogP contribution in [0.25, 0.3) is 11.8 Å². The van der Waals surface area contributed by atoms with Gasteiger partial charge < -0.3 is 9.30 Å². The third-order valence-electron chi connectivity index (χ3n) is 4.97. The van der Waals surface area contributed by atoms with Gasteiger partial charge in [0.15, 0.2) is 0 Å². The number of hydrogen-bond donors (Lipinski definition) is 0. The molecule has 1 aliphatic rings. The number of aryl methyl sites for hydroxylation is 1. The molecule has 0 atom stereocenters. The van der Waals surface area contributed by atoms with Crippen molar-refractivity contribution < 1.29 is 14.3 Å². The van der Waals surface area contributed by atoms with E-state index in [-0.39, 0.29) is 11.1 Å². The van der Waals surface area contributed by atoms with E-state index in [0.29, 0.717) is 17.2 Å². The van der Waals surface area contributed by atoms with Gasteiger partial charge in [-0.3, -0.25) is 9.59 Å². The maximum absolute atomic E-state index is 12.9. The van der Waals surface area contributed by atoms with Crippen LogP contribution in [0.15, 0.2) is 65.6 Å². The van der Waals surface area contributed by atoms with Crippen LogP contribution in [-0.2, 0) is 4.79 Å². The van der Waals surface area contributed by atoms with Gasteiger partial charge in [-0.1, -0.05) is 18.2 Å². The summed E-state index contributed by atoms with van der Waals surface area (Å²) in [6, 6.07) is 18.9. The number of rotatable bonds is 5. The molecular weight excluding hydrogens is 396 g/mol. The molecule has 5 nitrogen and oxygen atoms in total. The monoisotopic (exact) mass is 418 g/mol. The number of anilines is 1. The molecule has 0 bridgehead atoms. The number of hydrogen-bond acceptors (Lipinski definition) is 4. The van der Waals surface area contributed by atoms with E-state index in [4.69, 9.17) is 4.74 Å². The molecule has 6 heteroatoms. The van der Waals surface area contributed by atoms with Crippen LogP contribution in [0.4, 0.5) is 10.5 Å². The quantitative estimate of drug-likeness (QED) is 0.496. The van der Waals surface area contributed by atoms with Crippen molar-refractivity contribution in [1.29, 1.82) is 0 Å². The lowest BCUT2D eigenvalue weighted by Gasteiger charge is -2.11. The molecule has 0 aliphatic carbocycles. The molecule has 0 radical (unpaired) electrons. The third-order valence-corrected chi connectivity index (χ3v) is 5.84. The van der Waals surface area contributed by atoms with E-state index in [1.54, 1.807) is 18.2 Å². The summed E-state index contributed by atoms with van der Waals surface area (Å²) in [6.45, 7) is 6.62. The van der Waals surface area contributed by atoms with Crippen LogP contribution in [0, 0.1) is 13.8 Å². The highest BCUT2D eigenvalue weighted by Gasteiger charge is 2.36. The number of amides is 2. The molecule has 1 saturated heterocycles. The Kier molecular flexibility index (Phi) is 5.50. The first-order valence-corrected chi connectivity index (χ1v) is 10.6. The number of benzene rings is 2. The van der Waals surface area contributed by atoms with E-state index in [2.05, 4.69) is 4.57 Å². The number of carbonyl (C=O) groups is 2. The molecule has 4 rings (SSSR count). The normalized spacial score (nSPS) is 15.3. The molecule has 2 heterocycles. The fraction of sp³-hybridized carbons (Fsp3) is 0.167. The number of nitrogens with zero attached hydrogens (tertiary/aromatic N) is 2. The van der Waals surface area contributed by atoms with Crippen molar-refractivity contribution in [1.82, 2.24) is 4.57 Å². The number of thioether (sulfide) groups is 1. The Morgan fingerprint density at radius 2 is 1.67 bits per heavy atom. The Bertz CT molecular complexity index is 1130. The molecule has 3 aromatic rings. The van der Waals surface area contributed by atoms with Crippen molar-refractivity contribution >= 4 is 34.7 Å². The van der Waals surface area contributed by atoms with Gasteiger partial charge in [-0.2, -0.15) is 0 Å². The maximum atomic E-state index is 12.9. The zero-order chi connectivity index (χ0) is 21.3. The fourth-order valence-corrected chi connectivity index (χ4v) is 4.43. The first kappa shape index (κ1) is 20.0. The minimum Gasteiger partial charge on any atom is -0.494 e. The van der Waals surface area contributed by atoms with E-state index in [1.807, 2.05) is 69.3 Å². The van der Waals surface area contributed by atoms with E-state index in [9.17, 15) is 9.59 Å². The Morgan fingerprint density at radius 3 is 2.33 bits per heavy atom. The minimum absolute atomic E-state index is 0.280. The van der Waals surface area contributed by atoms with Crippen molar-refractivity contribution in [3.63, 3.8) is 0 Å². The van der Waals surface area contributed by atoms with Crippen LogP contribution in [0.2, 0.25) is 0 Å². The number of ether oxygens (including phenoxy) is 1. The Hall–Kier alpha value is -3.25. The highest BCUT2D eigenvalue weighted by Crippen LogP contribution is 2.36. The second kappa shape index (κ2) is 8.24. The summed E-state index contributed by atoms with van der Waals surface area (Å²) in [7, 11) is 0. The molecule has 1 aromatic heterocycles. The predicted octanol–water partition coefficient (Wildman–Crippen LogP) is 5.73. The summed E-state index contributed by atoms with van der Waals surface area (Å²) in [6.07, 6.45) is 1.81. The smallest absolute Gasteiger partial charge is 0.298 e. The predicted molar refractivity (Wildman–Crippen MR) is 121 cm³/mol. The molecule has 2 amide bonds. The van der Waals surface area contributed by atoms with Crippen LogP contribution in [-0.4, -0.2) is 22.3 Å². The van der Waals surface area contributed by atoms with Gasteiger partial charge in [-0.15, -0.1) is 0 Å². The summed E-state index contributed by atoms with van der Waals surface area (Å²) in [5, 5.41) is -0.280. The summed E-state index contributed by atoms with van der Waals surface area (Å²) < 4.78 is 7.65. The van der Waals surface area contributed by atoms with Gasteiger partial charge in [0.05, 0.1) is 17.2 Å². The first-order valence-electron chi connectivity index (χ1n) is 9.74. The fourth-order valence-electron chi connectivity index (χ4n) is 3.60. The van der Waals surface area contributed by atoms with Gasteiger partial charge in [-0.25, -0.2) is 4.90 Å². The van der Waals surface area contributed by atoms with Gasteiger partial charge in [0, 0.05) is 17.1 Å². The summed E-state index contributed by atoms with van der Waals surface area (Å²) in [4.78, 5) is 27.0. The standard InChI is InChI=1S/C24H22N2O3S/c1-4-29-21-12-10-20(11-13-21)25-16(2)14-18(17(25)3)15-22-23(27)26(24(28)30-22)19-8-6-5-7-9-19/h5-15H,4H2,1-3H3/b22-15-. The van der Waals surface area contributed by atoms with Crippen LogP contribution in [0.3, 0.4) is 0 Å². The molecule has 152 valence electrons. The first-order chi connectivity index (χ1) is 14.5. The summed E-state index contributed by atoms with van der Waals surface area (Å²) >= 11 is 0.971. The minimum atomic E-state index is -0.290. The van der Waals surface area contributed by atoms with Crippen molar-refractivity contribution in [3.8, 4) is 11.4 Å². The summed E-state index contributed by atoms with van der Waals surface area (Å²) in [5.74, 6) is 0.542. The van der Waals surface area contributed by atoms with Crippen molar-refractivity contribution in [2.75, 3.05) is 11.5 Å². The maximum Gasteiger partial charge on any atom is 0.298 e. The Labute approximate surface area is 180 Å². The van der Waals surface area contributed by atoms with Crippen LogP contribution >= 0.6 is 11.8 Å². The number of aromatic nitrogens is 1. The van der Waals surface area contributed by atoms with Gasteiger partial charge in [-0.05, 0) is 86.6 Å². The lowest BCUT2D eigenvalue weighted by Crippen LogP contribution is -2.27. The van der Waals surface area contributed by atoms with E-state index >= 15 is 0 Å². The zero-order valence-electron chi connectivity index (χ0n) is 17.1. The molecule has 0 unspecified atom stereocenters. The van der Waals surface area contributed by atoms with Gasteiger partial charge in [0.1, 0.15) is 5.75 Å². The molecule has 2 aromatic carbocycles. The highest BCUT2D eigenvalue weighted by molar-refractivity contribution is 8.19. The van der Waals surface area contributed by atoms with E-state index in [1.165, 1.54) is 4.90 Å². The van der Waals surface area contributed by atoms with E-state index < -0.39 is 0 Å². The second-order valence-electron chi connectivity index (χ2n) is 6.94. The topological polar surface area (TPSA) is 51.5 Å². The number of imide groups is 1. The Morgan fingerprint density at radius 1 is 0.967 bits per heavy atom. The van der Waals surface area contributed by atoms with Crippen LogP contribution in [0.1, 0.15) is 23.9 Å². The largest absolute Gasteiger partial charge is 0.494 e. The summed E-state index contributed by atoms with van der Waals surface area (Å²) in [5.41, 5.74) is 4.57. The second-order valence-corrected chi connectivity index (χ2v) is 7.93. The molecule has 0 N–H and O–H groups in total. The lowest BCUT2D eigenvalue weighted by atomic mass is 10.2. The third kappa shape index (κ3) is 3.66. The van der Waals surface area contributed by atoms with Gasteiger partial charge >= 0.3 is 0 Å². The number of carbonyl (C=O) groups excluding carboxylic acids is 2.